The molecule has 0 bridgehead atoms. The van der Waals surface area contributed by atoms with E-state index in [9.17, 15) is 19.1 Å². The zero-order valence-corrected chi connectivity index (χ0v) is 20.2. The molecule has 6 rings (SSSR count). The largest absolute Gasteiger partial charge is 0.478 e. The Morgan fingerprint density at radius 3 is 2.54 bits per heavy atom. The molecule has 0 unspecified atom stereocenters. The van der Waals surface area contributed by atoms with Crippen molar-refractivity contribution in [2.24, 2.45) is 0 Å². The average molecular weight is 491 g/mol. The van der Waals surface area contributed by atoms with Gasteiger partial charge < -0.3 is 9.51 Å². The molecule has 3 heterocycles. The topological polar surface area (TPSA) is 71.7 Å². The van der Waals surface area contributed by atoms with Crippen molar-refractivity contribution in [2.45, 2.75) is 26.2 Å². The number of fused-ring (bicyclic) bond motifs is 3. The summed E-state index contributed by atoms with van der Waals surface area (Å²) in [6, 6.07) is 18.7. The van der Waals surface area contributed by atoms with E-state index in [0.29, 0.717) is 39.8 Å². The van der Waals surface area contributed by atoms with E-state index in [1.807, 2.05) is 60.0 Å². The molecule has 5 nitrogen and oxygen atoms in total. The first-order valence-electron chi connectivity index (χ1n) is 12.2. The fraction of sp³-hybridized carbons (Fsp3) is 0.129. The van der Waals surface area contributed by atoms with Crippen molar-refractivity contribution in [3.8, 4) is 0 Å². The lowest BCUT2D eigenvalue weighted by molar-refractivity contribution is 0.0697. The van der Waals surface area contributed by atoms with Gasteiger partial charge in [0.15, 0.2) is 0 Å². The summed E-state index contributed by atoms with van der Waals surface area (Å²) >= 11 is 0. The van der Waals surface area contributed by atoms with Gasteiger partial charge in [0.2, 0.25) is 5.78 Å². The first kappa shape index (κ1) is 22.9. The van der Waals surface area contributed by atoms with Gasteiger partial charge in [-0.3, -0.25) is 4.79 Å². The van der Waals surface area contributed by atoms with Crippen LogP contribution in [-0.2, 0) is 6.42 Å². The van der Waals surface area contributed by atoms with Crippen molar-refractivity contribution in [3.63, 3.8) is 0 Å². The molecule has 0 saturated carbocycles. The normalized spacial score (nSPS) is 14.3. The summed E-state index contributed by atoms with van der Waals surface area (Å²) in [6.07, 6.45) is 6.12. The maximum absolute atomic E-state index is 13.5. The van der Waals surface area contributed by atoms with E-state index in [2.05, 4.69) is 6.08 Å². The van der Waals surface area contributed by atoms with Crippen LogP contribution < -0.4 is 0 Å². The highest BCUT2D eigenvalue weighted by Gasteiger charge is 2.26. The highest BCUT2D eigenvalue weighted by atomic mass is 19.1. The molecule has 3 aromatic heterocycles. The SMILES string of the molecule is Cc1c(/C=C2/CCCc3c2nc2ccccc2c3C(=O)O)c2ccccn2c1C(=O)c1ccc(F)cc1. The number of aromatic nitrogens is 2. The molecule has 37 heavy (non-hydrogen) atoms. The lowest BCUT2D eigenvalue weighted by atomic mass is 9.85. The van der Waals surface area contributed by atoms with E-state index < -0.39 is 11.8 Å². The third-order valence-electron chi connectivity index (χ3n) is 7.16. The van der Waals surface area contributed by atoms with Gasteiger partial charge in [-0.1, -0.05) is 24.3 Å². The number of carboxylic acids is 1. The smallest absolute Gasteiger partial charge is 0.336 e. The number of benzene rings is 2. The molecule has 0 atom stereocenters. The number of carbonyl (C=O) groups is 2. The summed E-state index contributed by atoms with van der Waals surface area (Å²) in [4.78, 5) is 30.7. The van der Waals surface area contributed by atoms with Gasteiger partial charge in [-0.25, -0.2) is 14.2 Å². The molecule has 2 aromatic carbocycles. The van der Waals surface area contributed by atoms with Crippen LogP contribution in [0.15, 0.2) is 72.9 Å². The molecule has 5 aromatic rings. The Kier molecular flexibility index (Phi) is 5.45. The number of hydrogen-bond acceptors (Lipinski definition) is 3. The number of carboxylic acid groups (broad SMARTS) is 1. The first-order valence-corrected chi connectivity index (χ1v) is 12.2. The van der Waals surface area contributed by atoms with E-state index in [0.717, 1.165) is 40.6 Å². The van der Waals surface area contributed by atoms with Crippen LogP contribution in [0.25, 0.3) is 28.1 Å². The van der Waals surface area contributed by atoms with Crippen LogP contribution in [0.5, 0.6) is 0 Å². The van der Waals surface area contributed by atoms with Gasteiger partial charge in [0, 0.05) is 22.7 Å². The van der Waals surface area contributed by atoms with E-state index in [1.54, 1.807) is 0 Å². The maximum atomic E-state index is 13.5. The van der Waals surface area contributed by atoms with Crippen LogP contribution in [0.4, 0.5) is 4.39 Å². The zero-order valence-electron chi connectivity index (χ0n) is 20.2. The summed E-state index contributed by atoms with van der Waals surface area (Å²) < 4.78 is 15.3. The summed E-state index contributed by atoms with van der Waals surface area (Å²) in [6.45, 7) is 1.91. The molecule has 0 spiro atoms. The number of ketones is 1. The Morgan fingerprint density at radius 2 is 1.76 bits per heavy atom. The van der Waals surface area contributed by atoms with Crippen molar-refractivity contribution >= 4 is 39.8 Å². The van der Waals surface area contributed by atoms with E-state index in [4.69, 9.17) is 4.98 Å². The fourth-order valence-corrected chi connectivity index (χ4v) is 5.45. The second kappa shape index (κ2) is 8.82. The molecule has 182 valence electrons. The molecule has 0 aliphatic heterocycles. The Bertz CT molecular complexity index is 1760. The third-order valence-corrected chi connectivity index (χ3v) is 7.16. The predicted molar refractivity (Wildman–Crippen MR) is 141 cm³/mol. The first-order chi connectivity index (χ1) is 17.9. The number of hydrogen-bond donors (Lipinski definition) is 1. The lowest BCUT2D eigenvalue weighted by Gasteiger charge is -2.21. The molecular weight excluding hydrogens is 467 g/mol. The molecule has 0 amide bonds. The number of nitrogens with zero attached hydrogens (tertiary/aromatic N) is 2. The number of para-hydroxylation sites is 1. The van der Waals surface area contributed by atoms with Crippen molar-refractivity contribution < 1.29 is 19.1 Å². The Labute approximate surface area is 212 Å². The fourth-order valence-electron chi connectivity index (χ4n) is 5.45. The minimum atomic E-state index is -0.950. The van der Waals surface area contributed by atoms with E-state index in [1.165, 1.54) is 24.3 Å². The minimum Gasteiger partial charge on any atom is -0.478 e. The second-order valence-electron chi connectivity index (χ2n) is 9.34. The number of aromatic carboxylic acids is 1. The Hall–Kier alpha value is -4.58. The van der Waals surface area contributed by atoms with Crippen LogP contribution >= 0.6 is 0 Å². The van der Waals surface area contributed by atoms with Gasteiger partial charge in [-0.2, -0.15) is 0 Å². The third kappa shape index (κ3) is 3.73. The van der Waals surface area contributed by atoms with Crippen LogP contribution in [-0.4, -0.2) is 26.2 Å². The minimum absolute atomic E-state index is 0.190. The van der Waals surface area contributed by atoms with Crippen LogP contribution in [0.1, 0.15) is 61.6 Å². The van der Waals surface area contributed by atoms with Gasteiger partial charge in [-0.05, 0) is 91.4 Å². The molecule has 0 saturated heterocycles. The molecule has 1 N–H and O–H groups in total. The number of carbonyl (C=O) groups excluding carboxylic acids is 1. The van der Waals surface area contributed by atoms with E-state index >= 15 is 0 Å². The Balaban J connectivity index is 1.57. The maximum Gasteiger partial charge on any atom is 0.336 e. The van der Waals surface area contributed by atoms with Gasteiger partial charge in [0.1, 0.15) is 5.82 Å². The number of halogens is 1. The highest BCUT2D eigenvalue weighted by molar-refractivity contribution is 6.11. The van der Waals surface area contributed by atoms with Crippen molar-refractivity contribution in [2.75, 3.05) is 0 Å². The molecule has 6 heteroatoms. The van der Waals surface area contributed by atoms with Crippen LogP contribution in [0.2, 0.25) is 0 Å². The second-order valence-corrected chi connectivity index (χ2v) is 9.34. The quantitative estimate of drug-likeness (QED) is 0.283. The molecule has 0 fully saturated rings. The standard InChI is InChI=1S/C31H23FN2O3/c1-18-24(26-11-4-5-16-34(26)29(18)30(35)19-12-14-21(32)15-13-19)17-20-7-6-9-23-27(31(36)37)22-8-2-3-10-25(22)33-28(20)23/h2-5,8,10-17H,6-7,9H2,1H3,(H,36,37)/b20-17-. The lowest BCUT2D eigenvalue weighted by Crippen LogP contribution is -2.13. The molecule has 0 radical (unpaired) electrons. The number of rotatable bonds is 4. The summed E-state index contributed by atoms with van der Waals surface area (Å²) in [7, 11) is 0. The van der Waals surface area contributed by atoms with Gasteiger partial charge >= 0.3 is 5.97 Å². The van der Waals surface area contributed by atoms with Crippen molar-refractivity contribution in [1.82, 2.24) is 9.38 Å². The predicted octanol–water partition coefficient (Wildman–Crippen LogP) is 6.74. The van der Waals surface area contributed by atoms with Gasteiger partial charge in [0.05, 0.1) is 28.0 Å². The number of pyridine rings is 2. The van der Waals surface area contributed by atoms with Gasteiger partial charge in [-0.15, -0.1) is 0 Å². The monoisotopic (exact) mass is 490 g/mol. The highest BCUT2D eigenvalue weighted by Crippen LogP contribution is 2.38. The van der Waals surface area contributed by atoms with Crippen molar-refractivity contribution in [3.05, 3.63) is 118 Å². The average Bonchev–Trinajstić information content (AvgIpc) is 3.18. The molecule has 1 aliphatic rings. The van der Waals surface area contributed by atoms with Crippen LogP contribution in [0, 0.1) is 12.7 Å². The molecular formula is C31H23FN2O3. The summed E-state index contributed by atoms with van der Waals surface area (Å²) in [5, 5.41) is 10.7. The molecule has 1 aliphatic carbocycles. The number of allylic oxidation sites excluding steroid dienone is 1. The van der Waals surface area contributed by atoms with Crippen molar-refractivity contribution in [1.29, 1.82) is 0 Å². The summed E-state index contributed by atoms with van der Waals surface area (Å²) in [5.41, 5.74) is 6.88. The van der Waals surface area contributed by atoms with E-state index in [-0.39, 0.29) is 5.78 Å². The van der Waals surface area contributed by atoms with Crippen LogP contribution in [0.3, 0.4) is 0 Å². The Morgan fingerprint density at radius 1 is 1.00 bits per heavy atom. The summed E-state index contributed by atoms with van der Waals surface area (Å²) in [5.74, 6) is -1.53. The van der Waals surface area contributed by atoms with Gasteiger partial charge in [0.25, 0.3) is 0 Å². The zero-order chi connectivity index (χ0) is 25.7.